The second-order valence-electron chi connectivity index (χ2n) is 3.88. The number of nitrogens with zero attached hydrogens (tertiary/aromatic N) is 4. The Morgan fingerprint density at radius 1 is 1.56 bits per heavy atom. The lowest BCUT2D eigenvalue weighted by Crippen LogP contribution is -2.28. The Balaban J connectivity index is 2.16. The number of terminal acetylenes is 1. The molecule has 0 amide bonds. The van der Waals surface area contributed by atoms with Crippen molar-refractivity contribution in [3.8, 4) is 18.4 Å². The van der Waals surface area contributed by atoms with Crippen LogP contribution in [-0.4, -0.2) is 23.1 Å². The lowest BCUT2D eigenvalue weighted by atomic mass is 10.3. The lowest BCUT2D eigenvalue weighted by molar-refractivity contribution is 0.741. The highest BCUT2D eigenvalue weighted by atomic mass is 15.2. The minimum Gasteiger partial charge on any atom is -0.329 e. The molecule has 80 valence electrons. The van der Waals surface area contributed by atoms with Crippen LogP contribution in [0.2, 0.25) is 0 Å². The molecule has 0 aliphatic heterocycles. The molecule has 0 bridgehead atoms. The smallest absolute Gasteiger partial charge is 0.227 e. The van der Waals surface area contributed by atoms with E-state index in [0.717, 1.165) is 6.54 Å². The third-order valence-electron chi connectivity index (χ3n) is 2.50. The first kappa shape index (κ1) is 10.4. The van der Waals surface area contributed by atoms with Gasteiger partial charge in [0.1, 0.15) is 11.8 Å². The highest BCUT2D eigenvalue weighted by Crippen LogP contribution is 2.30. The van der Waals surface area contributed by atoms with Gasteiger partial charge in [0.15, 0.2) is 0 Å². The van der Waals surface area contributed by atoms with E-state index in [2.05, 4.69) is 15.9 Å². The Morgan fingerprint density at radius 3 is 3.00 bits per heavy atom. The third kappa shape index (κ3) is 2.49. The molecule has 1 aromatic rings. The van der Waals surface area contributed by atoms with E-state index in [1.807, 2.05) is 11.0 Å². The standard InChI is InChI=1S/C12H12N4/c1-2-7-16(9-10-3-4-10)12-14-6-5-11(8-13)15-12/h1,5-6,10H,3-4,7,9H2. The first-order chi connectivity index (χ1) is 7.83. The summed E-state index contributed by atoms with van der Waals surface area (Å²) >= 11 is 0. The minimum atomic E-state index is 0.378. The Hall–Kier alpha value is -2.07. The topological polar surface area (TPSA) is 52.8 Å². The quantitative estimate of drug-likeness (QED) is 0.704. The van der Waals surface area contributed by atoms with Crippen molar-refractivity contribution in [1.29, 1.82) is 5.26 Å². The third-order valence-corrected chi connectivity index (χ3v) is 2.50. The van der Waals surface area contributed by atoms with Crippen LogP contribution in [0, 0.1) is 29.6 Å². The van der Waals surface area contributed by atoms with Gasteiger partial charge in [-0.05, 0) is 24.8 Å². The van der Waals surface area contributed by atoms with Gasteiger partial charge in [0.2, 0.25) is 5.95 Å². The fraction of sp³-hybridized carbons (Fsp3) is 0.417. The van der Waals surface area contributed by atoms with E-state index in [-0.39, 0.29) is 0 Å². The van der Waals surface area contributed by atoms with E-state index in [1.54, 1.807) is 12.3 Å². The van der Waals surface area contributed by atoms with E-state index in [0.29, 0.717) is 24.1 Å². The Kier molecular flexibility index (Phi) is 3.03. The van der Waals surface area contributed by atoms with Crippen LogP contribution in [0.15, 0.2) is 12.3 Å². The maximum absolute atomic E-state index is 8.77. The van der Waals surface area contributed by atoms with Crippen molar-refractivity contribution >= 4 is 5.95 Å². The highest BCUT2D eigenvalue weighted by molar-refractivity contribution is 5.35. The summed E-state index contributed by atoms with van der Waals surface area (Å²) in [6.45, 7) is 1.38. The minimum absolute atomic E-state index is 0.378. The lowest BCUT2D eigenvalue weighted by Gasteiger charge is -2.19. The van der Waals surface area contributed by atoms with Gasteiger partial charge in [-0.2, -0.15) is 5.26 Å². The fourth-order valence-electron chi connectivity index (χ4n) is 1.50. The first-order valence-corrected chi connectivity index (χ1v) is 5.25. The maximum Gasteiger partial charge on any atom is 0.227 e. The van der Waals surface area contributed by atoms with Gasteiger partial charge in [0.05, 0.1) is 6.54 Å². The predicted molar refractivity (Wildman–Crippen MR) is 60.5 cm³/mol. The first-order valence-electron chi connectivity index (χ1n) is 5.25. The van der Waals surface area contributed by atoms with Gasteiger partial charge in [-0.3, -0.25) is 0 Å². The summed E-state index contributed by atoms with van der Waals surface area (Å²) in [5.74, 6) is 3.87. The summed E-state index contributed by atoms with van der Waals surface area (Å²) in [5, 5.41) is 8.77. The van der Waals surface area contributed by atoms with Crippen molar-refractivity contribution in [3.63, 3.8) is 0 Å². The Morgan fingerprint density at radius 2 is 2.38 bits per heavy atom. The molecule has 0 N–H and O–H groups in total. The zero-order valence-corrected chi connectivity index (χ0v) is 8.93. The van der Waals surface area contributed by atoms with Crippen molar-refractivity contribution in [2.75, 3.05) is 18.0 Å². The SMILES string of the molecule is C#CCN(CC1CC1)c1nccc(C#N)n1. The number of hydrogen-bond acceptors (Lipinski definition) is 4. The van der Waals surface area contributed by atoms with Gasteiger partial charge in [-0.15, -0.1) is 6.42 Å². The molecular weight excluding hydrogens is 200 g/mol. The van der Waals surface area contributed by atoms with Crippen LogP contribution >= 0.6 is 0 Å². The van der Waals surface area contributed by atoms with Crippen LogP contribution in [0.3, 0.4) is 0 Å². The number of anilines is 1. The van der Waals surface area contributed by atoms with Gasteiger partial charge >= 0.3 is 0 Å². The van der Waals surface area contributed by atoms with E-state index in [9.17, 15) is 0 Å². The molecule has 0 radical (unpaired) electrons. The Labute approximate surface area is 94.9 Å². The van der Waals surface area contributed by atoms with Gasteiger partial charge in [-0.1, -0.05) is 5.92 Å². The average Bonchev–Trinajstić information content (AvgIpc) is 3.12. The molecule has 16 heavy (non-hydrogen) atoms. The Bertz CT molecular complexity index is 451. The van der Waals surface area contributed by atoms with Gasteiger partial charge in [0.25, 0.3) is 0 Å². The second-order valence-corrected chi connectivity index (χ2v) is 3.88. The van der Waals surface area contributed by atoms with Gasteiger partial charge < -0.3 is 4.90 Å². The van der Waals surface area contributed by atoms with Crippen LogP contribution in [-0.2, 0) is 0 Å². The zero-order chi connectivity index (χ0) is 11.4. The van der Waals surface area contributed by atoms with Crippen molar-refractivity contribution in [2.24, 2.45) is 5.92 Å². The van der Waals surface area contributed by atoms with E-state index < -0.39 is 0 Å². The molecular formula is C12H12N4. The number of hydrogen-bond donors (Lipinski definition) is 0. The summed E-state index contributed by atoms with van der Waals surface area (Å²) in [5.41, 5.74) is 0.378. The summed E-state index contributed by atoms with van der Waals surface area (Å²) in [6.07, 6.45) is 9.41. The van der Waals surface area contributed by atoms with E-state index >= 15 is 0 Å². The molecule has 4 heteroatoms. The summed E-state index contributed by atoms with van der Waals surface area (Å²) < 4.78 is 0. The largest absolute Gasteiger partial charge is 0.329 e. The second kappa shape index (κ2) is 4.63. The maximum atomic E-state index is 8.77. The fourth-order valence-corrected chi connectivity index (χ4v) is 1.50. The van der Waals surface area contributed by atoms with Crippen LogP contribution in [0.1, 0.15) is 18.5 Å². The molecule has 1 heterocycles. The van der Waals surface area contributed by atoms with Crippen molar-refractivity contribution in [2.45, 2.75) is 12.8 Å². The summed E-state index contributed by atoms with van der Waals surface area (Å²) in [7, 11) is 0. The van der Waals surface area contributed by atoms with E-state index in [1.165, 1.54) is 12.8 Å². The molecule has 2 rings (SSSR count). The molecule has 1 aliphatic rings. The molecule has 0 spiro atoms. The molecule has 0 atom stereocenters. The molecule has 0 aromatic carbocycles. The molecule has 1 saturated carbocycles. The number of nitriles is 1. The van der Waals surface area contributed by atoms with Crippen LogP contribution in [0.5, 0.6) is 0 Å². The van der Waals surface area contributed by atoms with E-state index in [4.69, 9.17) is 11.7 Å². The molecule has 1 aromatic heterocycles. The average molecular weight is 212 g/mol. The zero-order valence-electron chi connectivity index (χ0n) is 8.93. The molecule has 1 fully saturated rings. The van der Waals surface area contributed by atoms with Crippen LogP contribution in [0.25, 0.3) is 0 Å². The predicted octanol–water partition coefficient (Wildman–Crippen LogP) is 1.20. The molecule has 0 saturated heterocycles. The summed E-state index contributed by atoms with van der Waals surface area (Å²) in [6, 6.07) is 3.60. The normalized spacial score (nSPS) is 13.9. The van der Waals surface area contributed by atoms with Crippen molar-refractivity contribution < 1.29 is 0 Å². The van der Waals surface area contributed by atoms with Crippen LogP contribution < -0.4 is 4.90 Å². The molecule has 4 nitrogen and oxygen atoms in total. The molecule has 0 unspecified atom stereocenters. The molecule has 1 aliphatic carbocycles. The van der Waals surface area contributed by atoms with Crippen LogP contribution in [0.4, 0.5) is 5.95 Å². The monoisotopic (exact) mass is 212 g/mol. The van der Waals surface area contributed by atoms with Crippen molar-refractivity contribution in [3.05, 3.63) is 18.0 Å². The van der Waals surface area contributed by atoms with Crippen molar-refractivity contribution in [1.82, 2.24) is 9.97 Å². The highest BCUT2D eigenvalue weighted by Gasteiger charge is 2.25. The number of rotatable bonds is 4. The summed E-state index contributed by atoms with van der Waals surface area (Å²) in [4.78, 5) is 10.3. The number of aromatic nitrogens is 2. The van der Waals surface area contributed by atoms with Gasteiger partial charge in [-0.25, -0.2) is 9.97 Å². The van der Waals surface area contributed by atoms with Gasteiger partial charge in [0, 0.05) is 12.7 Å².